The molecule has 0 atom stereocenters. The molecular weight excluding hydrogens is 273 g/mol. The molecule has 106 valence electrons. The lowest BCUT2D eigenvalue weighted by molar-refractivity contribution is -0.137. The lowest BCUT2D eigenvalue weighted by Gasteiger charge is -2.08. The van der Waals surface area contributed by atoms with Crippen molar-refractivity contribution in [2.75, 3.05) is 0 Å². The van der Waals surface area contributed by atoms with Gasteiger partial charge in [0.15, 0.2) is 5.82 Å². The van der Waals surface area contributed by atoms with E-state index in [2.05, 4.69) is 15.2 Å². The average Bonchev–Trinajstić information content (AvgIpc) is 2.79. The second-order valence-electron chi connectivity index (χ2n) is 4.14. The number of rotatable bonds is 2. The Morgan fingerprint density at radius 1 is 1.30 bits per heavy atom. The molecule has 0 saturated carbocycles. The van der Waals surface area contributed by atoms with E-state index in [1.165, 1.54) is 16.9 Å². The molecule has 0 bridgehead atoms. The van der Waals surface area contributed by atoms with Gasteiger partial charge in [-0.2, -0.15) is 18.3 Å². The Labute approximate surface area is 112 Å². The van der Waals surface area contributed by atoms with Crippen LogP contribution in [0.5, 0.6) is 0 Å². The van der Waals surface area contributed by atoms with Gasteiger partial charge in [-0.15, -0.1) is 0 Å². The van der Waals surface area contributed by atoms with Crippen molar-refractivity contribution >= 4 is 5.71 Å². The molecule has 2 heterocycles. The Morgan fingerprint density at radius 2 is 2.00 bits per heavy atom. The third-order valence-corrected chi connectivity index (χ3v) is 2.84. The summed E-state index contributed by atoms with van der Waals surface area (Å²) >= 11 is 0. The summed E-state index contributed by atoms with van der Waals surface area (Å²) in [5.74, 6) is 0.257. The van der Waals surface area contributed by atoms with Crippen LogP contribution in [0.3, 0.4) is 0 Å². The first-order valence-electron chi connectivity index (χ1n) is 5.62. The van der Waals surface area contributed by atoms with Gasteiger partial charge in [-0.25, -0.2) is 9.67 Å². The highest BCUT2D eigenvalue weighted by Crippen LogP contribution is 2.28. The van der Waals surface area contributed by atoms with Crippen LogP contribution < -0.4 is 0 Å². The smallest absolute Gasteiger partial charge is 0.411 e. The van der Waals surface area contributed by atoms with E-state index >= 15 is 0 Å². The average molecular weight is 284 g/mol. The van der Waals surface area contributed by atoms with Crippen molar-refractivity contribution in [1.82, 2.24) is 14.8 Å². The third-order valence-electron chi connectivity index (χ3n) is 2.84. The quantitative estimate of drug-likeness (QED) is 0.524. The van der Waals surface area contributed by atoms with Crippen LogP contribution in [0.4, 0.5) is 13.2 Å². The Bertz CT molecular complexity index is 644. The molecule has 0 saturated heterocycles. The Hall–Kier alpha value is -2.38. The number of halogens is 3. The van der Waals surface area contributed by atoms with Crippen molar-refractivity contribution in [2.45, 2.75) is 20.0 Å². The maximum absolute atomic E-state index is 12.5. The minimum Gasteiger partial charge on any atom is -0.411 e. The molecule has 0 aromatic carbocycles. The first kappa shape index (κ1) is 14.0. The van der Waals surface area contributed by atoms with Crippen molar-refractivity contribution in [3.8, 4) is 5.82 Å². The summed E-state index contributed by atoms with van der Waals surface area (Å²) in [5.41, 5.74) is 0.752. The van der Waals surface area contributed by atoms with Gasteiger partial charge < -0.3 is 5.21 Å². The molecule has 0 aliphatic heterocycles. The van der Waals surface area contributed by atoms with E-state index in [9.17, 15) is 13.2 Å². The number of nitrogens with zero attached hydrogens (tertiary/aromatic N) is 4. The van der Waals surface area contributed by atoms with Gasteiger partial charge in [-0.1, -0.05) is 5.16 Å². The maximum Gasteiger partial charge on any atom is 0.417 e. The Kier molecular flexibility index (Phi) is 3.47. The lowest BCUT2D eigenvalue weighted by Crippen LogP contribution is -2.08. The zero-order valence-electron chi connectivity index (χ0n) is 10.7. The van der Waals surface area contributed by atoms with E-state index < -0.39 is 11.7 Å². The lowest BCUT2D eigenvalue weighted by atomic mass is 10.2. The summed E-state index contributed by atoms with van der Waals surface area (Å²) < 4.78 is 38.7. The highest BCUT2D eigenvalue weighted by Gasteiger charge is 2.30. The molecule has 2 aromatic rings. The van der Waals surface area contributed by atoms with Gasteiger partial charge >= 0.3 is 6.18 Å². The molecule has 0 fully saturated rings. The van der Waals surface area contributed by atoms with Crippen LogP contribution in [0.25, 0.3) is 5.82 Å². The molecule has 0 aliphatic rings. The summed E-state index contributed by atoms with van der Waals surface area (Å²) in [6.45, 7) is 3.30. The molecule has 5 nitrogen and oxygen atoms in total. The van der Waals surface area contributed by atoms with E-state index in [1.807, 2.05) is 0 Å². The van der Waals surface area contributed by atoms with Gasteiger partial charge in [0.2, 0.25) is 0 Å². The van der Waals surface area contributed by atoms with Crippen LogP contribution in [0.15, 0.2) is 29.7 Å². The van der Waals surface area contributed by atoms with Crippen LogP contribution in [0.1, 0.15) is 23.7 Å². The third kappa shape index (κ3) is 2.49. The first-order chi connectivity index (χ1) is 9.34. The molecule has 2 rings (SSSR count). The van der Waals surface area contributed by atoms with Gasteiger partial charge in [0.05, 0.1) is 23.2 Å². The molecule has 1 N–H and O–H groups in total. The molecule has 0 amide bonds. The fraction of sp³-hybridized carbons (Fsp3) is 0.250. The number of pyridine rings is 1. The fourth-order valence-corrected chi connectivity index (χ4v) is 1.73. The number of alkyl halides is 3. The van der Waals surface area contributed by atoms with E-state index in [4.69, 9.17) is 5.21 Å². The Morgan fingerprint density at radius 3 is 2.50 bits per heavy atom. The summed E-state index contributed by atoms with van der Waals surface area (Å²) in [6.07, 6.45) is -2.21. The van der Waals surface area contributed by atoms with E-state index in [-0.39, 0.29) is 5.82 Å². The molecule has 20 heavy (non-hydrogen) atoms. The number of oxime groups is 1. The molecule has 2 aromatic heterocycles. The summed E-state index contributed by atoms with van der Waals surface area (Å²) in [6, 6.07) is 2.17. The highest BCUT2D eigenvalue weighted by atomic mass is 19.4. The van der Waals surface area contributed by atoms with Gasteiger partial charge in [-0.3, -0.25) is 0 Å². The van der Waals surface area contributed by atoms with Gasteiger partial charge in [-0.05, 0) is 26.0 Å². The zero-order valence-corrected chi connectivity index (χ0v) is 10.7. The second kappa shape index (κ2) is 4.95. The SMILES string of the molecule is C/C(=N\O)c1cnn(-c2ccc(C(F)(F)F)cn2)c1C. The van der Waals surface area contributed by atoms with E-state index in [0.717, 1.165) is 12.3 Å². The van der Waals surface area contributed by atoms with E-state index in [0.29, 0.717) is 17.0 Å². The summed E-state index contributed by atoms with van der Waals surface area (Å²) in [7, 11) is 0. The number of aromatic nitrogens is 3. The predicted octanol–water partition coefficient (Wildman–Crippen LogP) is 2.79. The van der Waals surface area contributed by atoms with Crippen molar-refractivity contribution in [3.63, 3.8) is 0 Å². The predicted molar refractivity (Wildman–Crippen MR) is 65.1 cm³/mol. The zero-order chi connectivity index (χ0) is 14.9. The monoisotopic (exact) mass is 284 g/mol. The standard InChI is InChI=1S/C12H11F3N4O/c1-7(18-20)10-6-17-19(8(10)2)11-4-3-9(5-16-11)12(13,14)15/h3-6,20H,1-2H3/b18-7+. The molecule has 0 radical (unpaired) electrons. The van der Waals surface area contributed by atoms with Crippen LogP contribution >= 0.6 is 0 Å². The van der Waals surface area contributed by atoms with E-state index in [1.54, 1.807) is 13.8 Å². The molecular formula is C12H11F3N4O. The van der Waals surface area contributed by atoms with Crippen LogP contribution in [-0.2, 0) is 6.18 Å². The largest absolute Gasteiger partial charge is 0.417 e. The molecule has 0 unspecified atom stereocenters. The van der Waals surface area contributed by atoms with Crippen LogP contribution in [0.2, 0.25) is 0 Å². The van der Waals surface area contributed by atoms with Crippen molar-refractivity contribution < 1.29 is 18.4 Å². The maximum atomic E-state index is 12.5. The second-order valence-corrected chi connectivity index (χ2v) is 4.14. The Balaban J connectivity index is 2.41. The van der Waals surface area contributed by atoms with Crippen molar-refractivity contribution in [2.24, 2.45) is 5.16 Å². The first-order valence-corrected chi connectivity index (χ1v) is 5.62. The number of hydrogen-bond acceptors (Lipinski definition) is 4. The fourth-order valence-electron chi connectivity index (χ4n) is 1.73. The molecule has 0 aliphatic carbocycles. The molecule has 0 spiro atoms. The minimum absolute atomic E-state index is 0.257. The van der Waals surface area contributed by atoms with Gasteiger partial charge in [0.1, 0.15) is 0 Å². The van der Waals surface area contributed by atoms with Crippen molar-refractivity contribution in [1.29, 1.82) is 0 Å². The summed E-state index contributed by atoms with van der Waals surface area (Å²) in [5, 5.41) is 15.8. The highest BCUT2D eigenvalue weighted by molar-refractivity contribution is 5.99. The van der Waals surface area contributed by atoms with Crippen LogP contribution in [0, 0.1) is 6.92 Å². The summed E-state index contributed by atoms with van der Waals surface area (Å²) in [4.78, 5) is 3.75. The van der Waals surface area contributed by atoms with Gasteiger partial charge in [0.25, 0.3) is 0 Å². The van der Waals surface area contributed by atoms with Gasteiger partial charge in [0, 0.05) is 11.8 Å². The van der Waals surface area contributed by atoms with Crippen LogP contribution in [-0.4, -0.2) is 25.7 Å². The normalized spacial score (nSPS) is 12.8. The minimum atomic E-state index is -4.42. The number of hydrogen-bond donors (Lipinski definition) is 1. The topological polar surface area (TPSA) is 63.3 Å². The molecule has 8 heteroatoms. The van der Waals surface area contributed by atoms with Crippen molar-refractivity contribution in [3.05, 3.63) is 41.3 Å².